The Morgan fingerprint density at radius 2 is 1.22 bits per heavy atom. The molecule has 0 amide bonds. The highest BCUT2D eigenvalue weighted by Gasteiger charge is 2.43. The fourth-order valence-electron chi connectivity index (χ4n) is 11.0. The number of rotatable bonds is 28. The summed E-state index contributed by atoms with van der Waals surface area (Å²) in [6.45, 7) is 10.5. The largest absolute Gasteiger partial charge is 0.756 e. The number of hydrogen-bond donors (Lipinski definition) is 0. The molecule has 3 aliphatic rings. The lowest BCUT2D eigenvalue weighted by Gasteiger charge is -2.27. The van der Waals surface area contributed by atoms with Crippen molar-refractivity contribution in [1.29, 1.82) is 0 Å². The fraction of sp³-hybridized carbons (Fsp3) is 0.557. The summed E-state index contributed by atoms with van der Waals surface area (Å²) in [5, 5.41) is 0. The van der Waals surface area contributed by atoms with Gasteiger partial charge in [-0.25, -0.2) is 0 Å². The topological polar surface area (TPSA) is 64.8 Å². The standard InChI is InChI=1S/C61H89N3O4P/c1-60(2)53-34-25-27-36-55(53)62(5)57(60)44-42-50-32-30-33-51(43-45-58-61(3,4)54-35-26-28-37-56(54)63(58)6)59(50)52-40-38-49(39-41-52)31-24-22-20-18-16-14-12-10-11-13-15-17-19-21-23-29-47-67-69(65,66)68-48-46-64(7,8)9/h25-28,34-45H,10-24,29-33,46-48H2,1-9H3/q+1. The van der Waals surface area contributed by atoms with Crippen LogP contribution in [0.15, 0.2) is 114 Å². The van der Waals surface area contributed by atoms with Crippen molar-refractivity contribution in [2.45, 2.75) is 167 Å². The molecule has 376 valence electrons. The molecule has 0 radical (unpaired) electrons. The van der Waals surface area contributed by atoms with Crippen LogP contribution in [0.1, 0.15) is 172 Å². The highest BCUT2D eigenvalue weighted by Crippen LogP contribution is 2.47. The van der Waals surface area contributed by atoms with Gasteiger partial charge in [-0.15, -0.1) is 0 Å². The molecule has 69 heavy (non-hydrogen) atoms. The van der Waals surface area contributed by atoms with Gasteiger partial charge in [0.05, 0.1) is 33.2 Å². The van der Waals surface area contributed by atoms with Crippen LogP contribution in [-0.4, -0.2) is 69.8 Å². The number of benzene rings is 3. The molecule has 1 aliphatic carbocycles. The van der Waals surface area contributed by atoms with Gasteiger partial charge in [-0.1, -0.05) is 177 Å². The zero-order chi connectivity index (χ0) is 49.5. The zero-order valence-corrected chi connectivity index (χ0v) is 45.3. The number of anilines is 1. The summed E-state index contributed by atoms with van der Waals surface area (Å²) in [4.78, 5) is 14.3. The molecule has 0 spiro atoms. The van der Waals surface area contributed by atoms with Crippen molar-refractivity contribution in [2.24, 2.45) is 0 Å². The van der Waals surface area contributed by atoms with Crippen molar-refractivity contribution in [1.82, 2.24) is 0 Å². The number of likely N-dealkylation sites (N-methyl/N-ethyl adjacent to an activating group) is 2. The minimum absolute atomic E-state index is 0.0578. The number of unbranched alkanes of at least 4 members (excludes halogenated alkanes) is 15. The highest BCUT2D eigenvalue weighted by molar-refractivity contribution is 7.45. The summed E-state index contributed by atoms with van der Waals surface area (Å²) < 4.78 is 24.9. The number of allylic oxidation sites excluding steroid dienone is 8. The average Bonchev–Trinajstić information content (AvgIpc) is 3.63. The van der Waals surface area contributed by atoms with Crippen LogP contribution >= 0.6 is 7.82 Å². The summed E-state index contributed by atoms with van der Waals surface area (Å²) in [6.07, 6.45) is 34.3. The summed E-state index contributed by atoms with van der Waals surface area (Å²) in [7, 11) is 6.28. The van der Waals surface area contributed by atoms with Crippen molar-refractivity contribution in [3.8, 4) is 0 Å². The van der Waals surface area contributed by atoms with E-state index in [9.17, 15) is 9.46 Å². The highest BCUT2D eigenvalue weighted by atomic mass is 31.2. The van der Waals surface area contributed by atoms with Crippen molar-refractivity contribution >= 4 is 30.5 Å². The lowest BCUT2D eigenvalue weighted by molar-refractivity contribution is -0.870. The number of para-hydroxylation sites is 2. The first-order valence-corrected chi connectivity index (χ1v) is 28.3. The molecule has 0 fully saturated rings. The lowest BCUT2D eigenvalue weighted by atomic mass is 9.79. The minimum Gasteiger partial charge on any atom is -0.756 e. The van der Waals surface area contributed by atoms with Crippen LogP contribution in [0.4, 0.5) is 11.4 Å². The smallest absolute Gasteiger partial charge is 0.268 e. The van der Waals surface area contributed by atoms with Crippen molar-refractivity contribution < 1.29 is 27.6 Å². The van der Waals surface area contributed by atoms with E-state index < -0.39 is 7.82 Å². The summed E-state index contributed by atoms with van der Waals surface area (Å²) in [5.74, 6) is 0. The molecule has 0 bridgehead atoms. The second kappa shape index (κ2) is 25.5. The summed E-state index contributed by atoms with van der Waals surface area (Å²) in [5.41, 5.74) is 15.1. The van der Waals surface area contributed by atoms with Gasteiger partial charge < -0.3 is 23.3 Å². The van der Waals surface area contributed by atoms with E-state index in [1.165, 1.54) is 145 Å². The number of phosphoric acid groups is 1. The van der Waals surface area contributed by atoms with E-state index in [2.05, 4.69) is 148 Å². The molecule has 7 nitrogen and oxygen atoms in total. The van der Waals surface area contributed by atoms with E-state index in [4.69, 9.17) is 9.05 Å². The number of hydrogen-bond acceptors (Lipinski definition) is 5. The summed E-state index contributed by atoms with van der Waals surface area (Å²) >= 11 is 0. The van der Waals surface area contributed by atoms with Gasteiger partial charge in [0.25, 0.3) is 7.82 Å². The van der Waals surface area contributed by atoms with E-state index in [0.29, 0.717) is 11.0 Å². The molecule has 2 heterocycles. The predicted octanol–water partition coefficient (Wildman–Crippen LogP) is 15.1. The second-order valence-electron chi connectivity index (χ2n) is 22.3. The summed E-state index contributed by atoms with van der Waals surface area (Å²) in [6, 6.07) is 27.4. The Morgan fingerprint density at radius 3 is 1.81 bits per heavy atom. The Balaban J connectivity index is 0.923. The van der Waals surface area contributed by atoms with Crippen LogP contribution in [0.3, 0.4) is 0 Å². The quantitative estimate of drug-likeness (QED) is 0.0314. The van der Waals surface area contributed by atoms with Gasteiger partial charge in [0.1, 0.15) is 20.2 Å². The van der Waals surface area contributed by atoms with Gasteiger partial charge in [-0.3, -0.25) is 4.57 Å². The fourth-order valence-corrected chi connectivity index (χ4v) is 11.7. The van der Waals surface area contributed by atoms with Gasteiger partial charge in [0.15, 0.2) is 5.71 Å². The van der Waals surface area contributed by atoms with E-state index in [1.807, 2.05) is 21.1 Å². The molecule has 0 saturated carbocycles. The maximum absolute atomic E-state index is 11.9. The molecule has 1 atom stereocenters. The molecular weight excluding hydrogens is 870 g/mol. The second-order valence-corrected chi connectivity index (χ2v) is 23.8. The van der Waals surface area contributed by atoms with Crippen LogP contribution in [0.5, 0.6) is 0 Å². The van der Waals surface area contributed by atoms with Crippen LogP contribution < -0.4 is 9.79 Å². The SMILES string of the molecule is CN1/C(=C/C=C2\CCCC(/C=C/C3=[N+](C)c4ccccc4C3(C)C)=C2c2ccc(CCCCCCCCCCCCCCCCCCOP(=O)([O-])OCC[N+](C)(C)C)cc2)C(C)(C)c2ccccc21. The van der Waals surface area contributed by atoms with E-state index in [0.717, 1.165) is 44.9 Å². The number of fused-ring (bicyclic) bond motifs is 2. The van der Waals surface area contributed by atoms with E-state index in [1.54, 1.807) is 0 Å². The maximum atomic E-state index is 11.9. The number of quaternary nitrogens is 1. The average molecular weight is 959 g/mol. The first-order chi connectivity index (χ1) is 33.0. The number of nitrogens with zero attached hydrogens (tertiary/aromatic N) is 3. The van der Waals surface area contributed by atoms with Crippen molar-refractivity contribution in [2.75, 3.05) is 59.9 Å². The number of phosphoric ester groups is 1. The third kappa shape index (κ3) is 15.3. The Morgan fingerprint density at radius 1 is 0.667 bits per heavy atom. The molecule has 0 saturated heterocycles. The molecule has 1 unspecified atom stereocenters. The Bertz CT molecular complexity index is 2340. The van der Waals surface area contributed by atoms with Gasteiger partial charge in [-0.05, 0) is 97.9 Å². The van der Waals surface area contributed by atoms with Crippen LogP contribution in [0, 0.1) is 0 Å². The molecule has 3 aromatic carbocycles. The molecule has 0 N–H and O–H groups in total. The zero-order valence-electron chi connectivity index (χ0n) is 44.4. The third-order valence-electron chi connectivity index (χ3n) is 15.2. The Kier molecular flexibility index (Phi) is 20.1. The van der Waals surface area contributed by atoms with Crippen LogP contribution in [0.25, 0.3) is 5.57 Å². The molecule has 2 aliphatic heterocycles. The third-order valence-corrected chi connectivity index (χ3v) is 16.2. The number of aryl methyl sites for hydroxylation is 1. The minimum atomic E-state index is -4.18. The van der Waals surface area contributed by atoms with E-state index in [-0.39, 0.29) is 24.0 Å². The predicted molar refractivity (Wildman–Crippen MR) is 291 cm³/mol. The van der Waals surface area contributed by atoms with Gasteiger partial charge in [0.2, 0.25) is 5.69 Å². The Labute approximate surface area is 419 Å². The Hall–Kier alpha value is -3.84. The molecule has 0 aromatic heterocycles. The van der Waals surface area contributed by atoms with Gasteiger partial charge >= 0.3 is 0 Å². The monoisotopic (exact) mass is 959 g/mol. The van der Waals surface area contributed by atoms with E-state index >= 15 is 0 Å². The molecule has 3 aromatic rings. The first-order valence-electron chi connectivity index (χ1n) is 26.9. The lowest BCUT2D eigenvalue weighted by Crippen LogP contribution is -2.37. The first kappa shape index (κ1) is 54.5. The normalized spacial score (nSPS) is 18.8. The van der Waals surface area contributed by atoms with Crippen molar-refractivity contribution in [3.05, 3.63) is 136 Å². The molecular formula is C61H89N3O4P+. The van der Waals surface area contributed by atoms with Gasteiger partial charge in [0, 0.05) is 41.6 Å². The van der Waals surface area contributed by atoms with Crippen molar-refractivity contribution in [3.63, 3.8) is 0 Å². The van der Waals surface area contributed by atoms with Crippen LogP contribution in [0.2, 0.25) is 0 Å². The van der Waals surface area contributed by atoms with Gasteiger partial charge in [-0.2, -0.15) is 4.58 Å². The maximum Gasteiger partial charge on any atom is 0.268 e. The van der Waals surface area contributed by atoms with Crippen LogP contribution in [-0.2, 0) is 30.9 Å². The molecule has 8 heteroatoms. The molecule has 6 rings (SSSR count).